The summed E-state index contributed by atoms with van der Waals surface area (Å²) in [5, 5.41) is 3.12. The molecule has 0 spiro atoms. The van der Waals surface area contributed by atoms with Crippen molar-refractivity contribution in [3.8, 4) is 0 Å². The summed E-state index contributed by atoms with van der Waals surface area (Å²) in [7, 11) is 0. The molecule has 0 aromatic rings. The van der Waals surface area contributed by atoms with Crippen molar-refractivity contribution < 1.29 is 4.79 Å². The molecule has 1 aliphatic rings. The first kappa shape index (κ1) is 14.5. The van der Waals surface area contributed by atoms with Crippen LogP contribution in [0, 0.1) is 11.8 Å². The van der Waals surface area contributed by atoms with E-state index in [-0.39, 0.29) is 23.9 Å². The van der Waals surface area contributed by atoms with E-state index >= 15 is 0 Å². The van der Waals surface area contributed by atoms with Crippen molar-refractivity contribution in [3.05, 3.63) is 0 Å². The topological polar surface area (TPSA) is 55.1 Å². The van der Waals surface area contributed by atoms with Gasteiger partial charge in [-0.25, -0.2) is 0 Å². The van der Waals surface area contributed by atoms with E-state index in [0.717, 1.165) is 25.7 Å². The Hall–Kier alpha value is -0.570. The fraction of sp³-hybridized carbons (Fsp3) is 0.929. The summed E-state index contributed by atoms with van der Waals surface area (Å²) in [5.74, 6) is 0.827. The van der Waals surface area contributed by atoms with Crippen LogP contribution >= 0.6 is 0 Å². The van der Waals surface area contributed by atoms with Gasteiger partial charge in [-0.3, -0.25) is 4.79 Å². The second-order valence-electron chi connectivity index (χ2n) is 5.95. The van der Waals surface area contributed by atoms with Crippen LogP contribution in [0.3, 0.4) is 0 Å². The second-order valence-corrected chi connectivity index (χ2v) is 5.95. The normalized spacial score (nSPS) is 27.6. The summed E-state index contributed by atoms with van der Waals surface area (Å²) in [5.41, 5.74) is 6.10. The van der Waals surface area contributed by atoms with E-state index in [1.165, 1.54) is 12.8 Å². The Morgan fingerprint density at radius 1 is 1.24 bits per heavy atom. The van der Waals surface area contributed by atoms with Gasteiger partial charge in [0.05, 0.1) is 5.92 Å². The first-order chi connectivity index (χ1) is 8.00. The molecule has 0 bridgehead atoms. The Morgan fingerprint density at radius 3 is 2.53 bits per heavy atom. The zero-order valence-corrected chi connectivity index (χ0v) is 11.5. The number of amides is 1. The van der Waals surface area contributed by atoms with Crippen LogP contribution in [-0.2, 0) is 4.79 Å². The van der Waals surface area contributed by atoms with E-state index in [0.29, 0.717) is 5.92 Å². The molecule has 1 saturated carbocycles. The third-order valence-corrected chi connectivity index (χ3v) is 3.62. The Bertz CT molecular complexity index is 240. The largest absolute Gasteiger partial charge is 0.353 e. The van der Waals surface area contributed by atoms with Crippen molar-refractivity contribution in [2.24, 2.45) is 17.6 Å². The molecule has 3 nitrogen and oxygen atoms in total. The van der Waals surface area contributed by atoms with Crippen molar-refractivity contribution in [1.29, 1.82) is 0 Å². The molecule has 1 amide bonds. The number of nitrogens with two attached hydrogens (primary N) is 1. The van der Waals surface area contributed by atoms with Crippen LogP contribution in [0.4, 0.5) is 0 Å². The highest BCUT2D eigenvalue weighted by Gasteiger charge is 2.27. The van der Waals surface area contributed by atoms with Gasteiger partial charge in [0.2, 0.25) is 5.91 Å². The molecule has 17 heavy (non-hydrogen) atoms. The molecule has 0 saturated heterocycles. The van der Waals surface area contributed by atoms with Gasteiger partial charge in [-0.15, -0.1) is 0 Å². The number of hydrogen-bond donors (Lipinski definition) is 2. The second kappa shape index (κ2) is 7.00. The average Bonchev–Trinajstić information content (AvgIpc) is 2.41. The van der Waals surface area contributed by atoms with Gasteiger partial charge < -0.3 is 11.1 Å². The molecule has 0 aromatic carbocycles. The Balaban J connectivity index is 2.44. The molecule has 3 unspecified atom stereocenters. The minimum absolute atomic E-state index is 0.0344. The van der Waals surface area contributed by atoms with Crippen LogP contribution in [0.5, 0.6) is 0 Å². The smallest absolute Gasteiger partial charge is 0.224 e. The SMILES string of the molecule is CC(C)CC(C)NC(=O)C1CCCCCC1N. The molecule has 0 aliphatic heterocycles. The number of rotatable bonds is 4. The molecular formula is C14H28N2O. The maximum absolute atomic E-state index is 12.2. The van der Waals surface area contributed by atoms with Crippen molar-refractivity contribution in [2.45, 2.75) is 71.4 Å². The molecule has 3 heteroatoms. The highest BCUT2D eigenvalue weighted by Crippen LogP contribution is 2.22. The van der Waals surface area contributed by atoms with E-state index in [1.807, 2.05) is 0 Å². The standard InChI is InChI=1S/C14H28N2O/c1-10(2)9-11(3)16-14(17)12-7-5-4-6-8-13(12)15/h10-13H,4-9,15H2,1-3H3,(H,16,17). The molecule has 1 rings (SSSR count). The third-order valence-electron chi connectivity index (χ3n) is 3.62. The number of nitrogens with one attached hydrogen (secondary N) is 1. The lowest BCUT2D eigenvalue weighted by molar-refractivity contribution is -0.126. The van der Waals surface area contributed by atoms with Crippen LogP contribution in [0.15, 0.2) is 0 Å². The first-order valence-corrected chi connectivity index (χ1v) is 7.06. The molecule has 3 N–H and O–H groups in total. The van der Waals surface area contributed by atoms with Gasteiger partial charge in [0.1, 0.15) is 0 Å². The maximum Gasteiger partial charge on any atom is 0.224 e. The third kappa shape index (κ3) is 5.07. The summed E-state index contributed by atoms with van der Waals surface area (Å²) in [4.78, 5) is 12.2. The van der Waals surface area contributed by atoms with Crippen molar-refractivity contribution in [1.82, 2.24) is 5.32 Å². The molecule has 1 aliphatic carbocycles. The Kier molecular flexibility index (Phi) is 5.96. The number of hydrogen-bond acceptors (Lipinski definition) is 2. The van der Waals surface area contributed by atoms with E-state index in [4.69, 9.17) is 5.73 Å². The Morgan fingerprint density at radius 2 is 1.88 bits per heavy atom. The van der Waals surface area contributed by atoms with Gasteiger partial charge in [0, 0.05) is 12.1 Å². The number of carbonyl (C=O) groups is 1. The van der Waals surface area contributed by atoms with Gasteiger partial charge in [-0.1, -0.05) is 33.1 Å². The molecule has 0 heterocycles. The predicted octanol–water partition coefficient (Wildman–Crippen LogP) is 2.44. The summed E-state index contributed by atoms with van der Waals surface area (Å²) < 4.78 is 0. The van der Waals surface area contributed by atoms with Crippen LogP contribution in [-0.4, -0.2) is 18.0 Å². The van der Waals surface area contributed by atoms with Gasteiger partial charge >= 0.3 is 0 Å². The Labute approximate surface area is 106 Å². The first-order valence-electron chi connectivity index (χ1n) is 7.06. The van der Waals surface area contributed by atoms with E-state index < -0.39 is 0 Å². The van der Waals surface area contributed by atoms with Gasteiger partial charge in [0.15, 0.2) is 0 Å². The summed E-state index contributed by atoms with van der Waals surface area (Å²) in [6, 6.07) is 0.321. The fourth-order valence-corrected chi connectivity index (χ4v) is 2.78. The molecule has 1 fully saturated rings. The van der Waals surface area contributed by atoms with Crippen LogP contribution in [0.1, 0.15) is 59.3 Å². The quantitative estimate of drug-likeness (QED) is 0.742. The highest BCUT2D eigenvalue weighted by molar-refractivity contribution is 5.79. The van der Waals surface area contributed by atoms with Gasteiger partial charge in [-0.05, 0) is 32.1 Å². The van der Waals surface area contributed by atoms with E-state index in [2.05, 4.69) is 26.1 Å². The average molecular weight is 240 g/mol. The summed E-state index contributed by atoms with van der Waals surface area (Å²) in [6.45, 7) is 6.44. The van der Waals surface area contributed by atoms with E-state index in [9.17, 15) is 4.79 Å². The molecule has 3 atom stereocenters. The fourth-order valence-electron chi connectivity index (χ4n) is 2.78. The molecular weight excluding hydrogens is 212 g/mol. The van der Waals surface area contributed by atoms with Gasteiger partial charge in [0.25, 0.3) is 0 Å². The molecule has 0 radical (unpaired) electrons. The van der Waals surface area contributed by atoms with Gasteiger partial charge in [-0.2, -0.15) is 0 Å². The number of carbonyl (C=O) groups excluding carboxylic acids is 1. The maximum atomic E-state index is 12.2. The zero-order valence-electron chi connectivity index (χ0n) is 11.5. The lowest BCUT2D eigenvalue weighted by Gasteiger charge is -2.24. The predicted molar refractivity (Wildman–Crippen MR) is 71.6 cm³/mol. The highest BCUT2D eigenvalue weighted by atomic mass is 16.2. The zero-order chi connectivity index (χ0) is 12.8. The van der Waals surface area contributed by atoms with Crippen molar-refractivity contribution in [3.63, 3.8) is 0 Å². The van der Waals surface area contributed by atoms with Crippen molar-refractivity contribution >= 4 is 5.91 Å². The summed E-state index contributed by atoms with van der Waals surface area (Å²) >= 11 is 0. The minimum atomic E-state index is 0.0344. The lowest BCUT2D eigenvalue weighted by Crippen LogP contribution is -2.44. The van der Waals surface area contributed by atoms with E-state index in [1.54, 1.807) is 0 Å². The monoisotopic (exact) mass is 240 g/mol. The van der Waals surface area contributed by atoms with Crippen molar-refractivity contribution in [2.75, 3.05) is 0 Å². The minimum Gasteiger partial charge on any atom is -0.353 e. The van der Waals surface area contributed by atoms with Crippen LogP contribution < -0.4 is 11.1 Å². The lowest BCUT2D eigenvalue weighted by atomic mass is 9.94. The molecule has 0 aromatic heterocycles. The molecule has 100 valence electrons. The van der Waals surface area contributed by atoms with Crippen LogP contribution in [0.2, 0.25) is 0 Å². The van der Waals surface area contributed by atoms with Crippen LogP contribution in [0.25, 0.3) is 0 Å². The summed E-state index contributed by atoms with van der Waals surface area (Å²) in [6.07, 6.45) is 6.53.